The molecule has 1 aliphatic heterocycles. The van der Waals surface area contributed by atoms with Gasteiger partial charge in [0.2, 0.25) is 11.8 Å². The average molecular weight is 341 g/mol. The quantitative estimate of drug-likeness (QED) is 0.859. The number of rotatable bonds is 3. The minimum atomic E-state index is -0.110. The second-order valence-corrected chi connectivity index (χ2v) is 6.46. The Balaban J connectivity index is 1.78. The smallest absolute Gasteiger partial charge is 0.227 e. The van der Waals surface area contributed by atoms with Gasteiger partial charge in [0.05, 0.1) is 18.2 Å². The zero-order valence-corrected chi connectivity index (χ0v) is 14.9. The Labute approximate surface area is 147 Å². The lowest BCUT2D eigenvalue weighted by molar-refractivity contribution is -0.141. The van der Waals surface area contributed by atoms with Gasteiger partial charge in [-0.2, -0.15) is 0 Å². The minimum Gasteiger partial charge on any atom is -0.361 e. The molecule has 0 unspecified atom stereocenters. The predicted molar refractivity (Wildman–Crippen MR) is 92.8 cm³/mol. The fourth-order valence-corrected chi connectivity index (χ4v) is 3.36. The number of aromatic nitrogens is 1. The predicted octanol–water partition coefficient (Wildman–Crippen LogP) is 2.27. The third-order valence-electron chi connectivity index (χ3n) is 4.83. The maximum absolute atomic E-state index is 12.8. The van der Waals surface area contributed by atoms with Crippen molar-refractivity contribution in [2.75, 3.05) is 19.6 Å². The summed E-state index contributed by atoms with van der Waals surface area (Å²) in [6.45, 7) is 6.85. The van der Waals surface area contributed by atoms with Crippen LogP contribution in [-0.4, -0.2) is 46.4 Å². The van der Waals surface area contributed by atoms with Crippen LogP contribution in [0, 0.1) is 13.8 Å². The normalized spacial score (nSPS) is 17.6. The first-order valence-electron chi connectivity index (χ1n) is 8.49. The van der Waals surface area contributed by atoms with Gasteiger partial charge in [-0.1, -0.05) is 35.5 Å². The number of benzene rings is 1. The Morgan fingerprint density at radius 3 is 2.52 bits per heavy atom. The summed E-state index contributed by atoms with van der Waals surface area (Å²) >= 11 is 0. The standard InChI is InChI=1S/C19H23N3O3/c1-13-17(14(2)25-20-13)11-19(24)21-9-10-22(15(3)23)18(12-21)16-7-5-4-6-8-16/h4-8,18H,9-12H2,1-3H3/t18-/m0/s1. The van der Waals surface area contributed by atoms with Gasteiger partial charge in [0.25, 0.3) is 0 Å². The molecule has 0 radical (unpaired) electrons. The molecule has 1 aromatic heterocycles. The van der Waals surface area contributed by atoms with Crippen LogP contribution in [0.5, 0.6) is 0 Å². The zero-order chi connectivity index (χ0) is 18.0. The molecule has 25 heavy (non-hydrogen) atoms. The Hall–Kier alpha value is -2.63. The molecule has 1 aliphatic rings. The molecular weight excluding hydrogens is 318 g/mol. The summed E-state index contributed by atoms with van der Waals surface area (Å²) in [7, 11) is 0. The number of nitrogens with zero attached hydrogens (tertiary/aromatic N) is 3. The van der Waals surface area contributed by atoms with Crippen LogP contribution >= 0.6 is 0 Å². The molecule has 1 fully saturated rings. The molecule has 3 rings (SSSR count). The van der Waals surface area contributed by atoms with Crippen LogP contribution in [0.3, 0.4) is 0 Å². The van der Waals surface area contributed by atoms with Gasteiger partial charge in [0.15, 0.2) is 0 Å². The van der Waals surface area contributed by atoms with Gasteiger partial charge >= 0.3 is 0 Å². The number of hydrogen-bond donors (Lipinski definition) is 0. The topological polar surface area (TPSA) is 66.7 Å². The number of hydrogen-bond acceptors (Lipinski definition) is 4. The lowest BCUT2D eigenvalue weighted by Gasteiger charge is -2.41. The van der Waals surface area contributed by atoms with Crippen molar-refractivity contribution in [1.29, 1.82) is 0 Å². The third-order valence-corrected chi connectivity index (χ3v) is 4.83. The molecule has 2 heterocycles. The first-order chi connectivity index (χ1) is 12.0. The van der Waals surface area contributed by atoms with Crippen LogP contribution in [0.1, 0.15) is 35.5 Å². The van der Waals surface area contributed by atoms with E-state index in [1.54, 1.807) is 6.92 Å². The second kappa shape index (κ2) is 7.09. The number of piperazine rings is 1. The summed E-state index contributed by atoms with van der Waals surface area (Å²) < 4.78 is 5.15. The van der Waals surface area contributed by atoms with Crippen molar-refractivity contribution in [2.45, 2.75) is 33.2 Å². The van der Waals surface area contributed by atoms with Crippen molar-refractivity contribution in [3.05, 3.63) is 52.9 Å². The molecule has 6 heteroatoms. The largest absolute Gasteiger partial charge is 0.361 e. The Kier molecular flexibility index (Phi) is 4.88. The molecule has 0 saturated carbocycles. The van der Waals surface area contributed by atoms with Crippen LogP contribution in [0.2, 0.25) is 0 Å². The highest BCUT2D eigenvalue weighted by molar-refractivity contribution is 5.80. The van der Waals surface area contributed by atoms with Crippen molar-refractivity contribution in [3.63, 3.8) is 0 Å². The summed E-state index contributed by atoms with van der Waals surface area (Å²) in [6.07, 6.45) is 0.281. The molecule has 0 aliphatic carbocycles. The summed E-state index contributed by atoms with van der Waals surface area (Å²) in [5.41, 5.74) is 2.66. The van der Waals surface area contributed by atoms with E-state index in [-0.39, 0.29) is 24.3 Å². The lowest BCUT2D eigenvalue weighted by Crippen LogP contribution is -2.52. The van der Waals surface area contributed by atoms with Gasteiger partial charge in [0, 0.05) is 32.1 Å². The minimum absolute atomic E-state index is 0.0340. The lowest BCUT2D eigenvalue weighted by atomic mass is 10.0. The van der Waals surface area contributed by atoms with E-state index >= 15 is 0 Å². The van der Waals surface area contributed by atoms with Crippen molar-refractivity contribution in [3.8, 4) is 0 Å². The molecule has 2 aromatic rings. The Morgan fingerprint density at radius 2 is 1.92 bits per heavy atom. The number of amides is 2. The molecule has 6 nitrogen and oxygen atoms in total. The summed E-state index contributed by atoms with van der Waals surface area (Å²) in [4.78, 5) is 28.5. The van der Waals surface area contributed by atoms with E-state index in [9.17, 15) is 9.59 Å². The highest BCUT2D eigenvalue weighted by Gasteiger charge is 2.32. The van der Waals surface area contributed by atoms with Gasteiger partial charge in [-0.3, -0.25) is 9.59 Å². The molecule has 0 bridgehead atoms. The SMILES string of the molecule is CC(=O)N1CCN(C(=O)Cc2c(C)noc2C)C[C@H]1c1ccccc1. The van der Waals surface area contributed by atoms with Gasteiger partial charge < -0.3 is 14.3 Å². The highest BCUT2D eigenvalue weighted by atomic mass is 16.5. The maximum atomic E-state index is 12.8. The number of aryl methyl sites for hydroxylation is 2. The fourth-order valence-electron chi connectivity index (χ4n) is 3.36. The van der Waals surface area contributed by atoms with Crippen LogP contribution in [0.4, 0.5) is 0 Å². The molecule has 1 aromatic carbocycles. The first kappa shape index (κ1) is 17.2. The molecule has 1 saturated heterocycles. The van der Waals surface area contributed by atoms with Crippen molar-refractivity contribution < 1.29 is 14.1 Å². The van der Waals surface area contributed by atoms with Crippen molar-refractivity contribution >= 4 is 11.8 Å². The average Bonchev–Trinajstić information content (AvgIpc) is 2.93. The second-order valence-electron chi connectivity index (χ2n) is 6.46. The van der Waals surface area contributed by atoms with E-state index in [1.165, 1.54) is 0 Å². The van der Waals surface area contributed by atoms with Gasteiger partial charge in [-0.15, -0.1) is 0 Å². The summed E-state index contributed by atoms with van der Waals surface area (Å²) in [6, 6.07) is 9.76. The van der Waals surface area contributed by atoms with E-state index < -0.39 is 0 Å². The van der Waals surface area contributed by atoms with Gasteiger partial charge in [-0.25, -0.2) is 0 Å². The molecule has 132 valence electrons. The van der Waals surface area contributed by atoms with E-state index in [0.29, 0.717) is 25.4 Å². The number of carbonyl (C=O) groups excluding carboxylic acids is 2. The van der Waals surface area contributed by atoms with Crippen LogP contribution in [0.15, 0.2) is 34.9 Å². The van der Waals surface area contributed by atoms with E-state index in [1.807, 2.05) is 54.0 Å². The molecular formula is C19H23N3O3. The maximum Gasteiger partial charge on any atom is 0.227 e. The molecule has 0 spiro atoms. The highest BCUT2D eigenvalue weighted by Crippen LogP contribution is 2.26. The first-order valence-corrected chi connectivity index (χ1v) is 8.49. The van der Waals surface area contributed by atoms with Crippen LogP contribution in [0.25, 0.3) is 0 Å². The molecule has 2 amide bonds. The third kappa shape index (κ3) is 3.57. The van der Waals surface area contributed by atoms with Gasteiger partial charge in [-0.05, 0) is 19.4 Å². The van der Waals surface area contributed by atoms with Crippen LogP contribution in [-0.2, 0) is 16.0 Å². The Morgan fingerprint density at radius 1 is 1.20 bits per heavy atom. The van der Waals surface area contributed by atoms with Crippen molar-refractivity contribution in [1.82, 2.24) is 15.0 Å². The van der Waals surface area contributed by atoms with Crippen molar-refractivity contribution in [2.24, 2.45) is 0 Å². The zero-order valence-electron chi connectivity index (χ0n) is 14.9. The van der Waals surface area contributed by atoms with E-state index in [2.05, 4.69) is 5.16 Å². The van der Waals surface area contributed by atoms with E-state index in [0.717, 1.165) is 16.8 Å². The summed E-state index contributed by atoms with van der Waals surface area (Å²) in [5.74, 6) is 0.762. The monoisotopic (exact) mass is 341 g/mol. The molecule has 0 N–H and O–H groups in total. The van der Waals surface area contributed by atoms with Gasteiger partial charge in [0.1, 0.15) is 5.76 Å². The molecule has 1 atom stereocenters. The Bertz CT molecular complexity index is 750. The summed E-state index contributed by atoms with van der Waals surface area (Å²) in [5, 5.41) is 3.91. The van der Waals surface area contributed by atoms with Crippen LogP contribution < -0.4 is 0 Å². The van der Waals surface area contributed by atoms with E-state index in [4.69, 9.17) is 4.52 Å². The fraction of sp³-hybridized carbons (Fsp3) is 0.421. The number of carbonyl (C=O) groups is 2.